The van der Waals surface area contributed by atoms with Crippen LogP contribution < -0.4 is 14.7 Å². The quantitative estimate of drug-likeness (QED) is 0.601. The molecular weight excluding hydrogens is 366 g/mol. The summed E-state index contributed by atoms with van der Waals surface area (Å²) in [5.74, 6) is 0.715. The minimum absolute atomic E-state index is 0.217. The van der Waals surface area contributed by atoms with E-state index in [9.17, 15) is 4.57 Å². The fourth-order valence-electron chi connectivity index (χ4n) is 2.68. The monoisotopic (exact) mass is 389 g/mol. The molecule has 0 saturated carbocycles. The average molecular weight is 389 g/mol. The Morgan fingerprint density at radius 3 is 2.19 bits per heavy atom. The molecule has 0 aliphatic carbocycles. The second-order valence-corrected chi connectivity index (χ2v) is 8.09. The van der Waals surface area contributed by atoms with Gasteiger partial charge in [0.1, 0.15) is 12.4 Å². The zero-order valence-corrected chi connectivity index (χ0v) is 16.7. The molecule has 1 N–H and O–H groups in total. The van der Waals surface area contributed by atoms with E-state index in [1.54, 1.807) is 18.2 Å². The van der Waals surface area contributed by atoms with Crippen molar-refractivity contribution in [3.8, 4) is 11.5 Å². The Bertz CT molecular complexity index is 808. The first-order valence-corrected chi connectivity index (χ1v) is 9.81. The van der Waals surface area contributed by atoms with Gasteiger partial charge in [0.2, 0.25) is 0 Å². The predicted octanol–water partition coefficient (Wildman–Crippen LogP) is 3.59. The predicted molar refractivity (Wildman–Crippen MR) is 103 cm³/mol. The Kier molecular flexibility index (Phi) is 5.59. The van der Waals surface area contributed by atoms with Gasteiger partial charge in [-0.15, -0.1) is 4.89 Å². The van der Waals surface area contributed by atoms with E-state index in [-0.39, 0.29) is 5.75 Å². The Balaban J connectivity index is 1.86. The van der Waals surface area contributed by atoms with Crippen molar-refractivity contribution in [3.05, 3.63) is 54.1 Å². The van der Waals surface area contributed by atoms with E-state index in [0.29, 0.717) is 17.8 Å². The minimum Gasteiger partial charge on any atom is -0.489 e. The number of ether oxygens (including phenoxy) is 1. The van der Waals surface area contributed by atoms with Gasteiger partial charge in [-0.05, 0) is 50.9 Å². The number of hydrogen-bond acceptors (Lipinski definition) is 5. The van der Waals surface area contributed by atoms with Crippen LogP contribution >= 0.6 is 8.25 Å². The molecule has 2 aromatic rings. The molecule has 3 rings (SSSR count). The van der Waals surface area contributed by atoms with E-state index in [2.05, 4.69) is 0 Å². The van der Waals surface area contributed by atoms with Gasteiger partial charge < -0.3 is 14.0 Å². The Morgan fingerprint density at radius 1 is 1.00 bits per heavy atom. The van der Waals surface area contributed by atoms with Crippen LogP contribution in [0.1, 0.15) is 33.3 Å². The summed E-state index contributed by atoms with van der Waals surface area (Å²) in [5.41, 5.74) is 0.670. The van der Waals surface area contributed by atoms with Crippen LogP contribution in [0.4, 0.5) is 0 Å². The molecule has 0 amide bonds. The van der Waals surface area contributed by atoms with Crippen LogP contribution in [0, 0.1) is 0 Å². The second kappa shape index (κ2) is 7.60. The van der Waals surface area contributed by atoms with Gasteiger partial charge in [0.05, 0.1) is 11.2 Å². The molecule has 0 spiro atoms. The summed E-state index contributed by atoms with van der Waals surface area (Å²) in [5, 5.41) is 0. The van der Waals surface area contributed by atoms with Crippen LogP contribution in [0.25, 0.3) is 0 Å². The first kappa shape index (κ1) is 19.8. The maximum absolute atomic E-state index is 11.1. The molecule has 0 radical (unpaired) electrons. The molecule has 0 bridgehead atoms. The maximum Gasteiger partial charge on any atom is 0.747 e. The molecule has 1 fully saturated rings. The molecule has 142 valence electrons. The Labute approximate surface area is 160 Å². The Morgan fingerprint density at radius 2 is 1.59 bits per heavy atom. The van der Waals surface area contributed by atoms with Crippen molar-refractivity contribution in [1.82, 2.24) is 0 Å². The SMILES string of the molecule is CC1(C)OB(c2cc(OCc3ccccc3)cc(O[P+](=O)O)c2)OC1(C)C. The van der Waals surface area contributed by atoms with E-state index in [0.717, 1.165) is 5.56 Å². The number of benzene rings is 2. The molecule has 1 unspecified atom stereocenters. The molecule has 27 heavy (non-hydrogen) atoms. The lowest BCUT2D eigenvalue weighted by Crippen LogP contribution is -2.41. The van der Waals surface area contributed by atoms with E-state index >= 15 is 0 Å². The van der Waals surface area contributed by atoms with Gasteiger partial charge in [0, 0.05) is 10.6 Å². The summed E-state index contributed by atoms with van der Waals surface area (Å²) < 4.78 is 34.1. The minimum atomic E-state index is -2.79. The van der Waals surface area contributed by atoms with Gasteiger partial charge >= 0.3 is 15.4 Å². The topological polar surface area (TPSA) is 74.2 Å². The van der Waals surface area contributed by atoms with Crippen LogP contribution in [-0.2, 0) is 20.5 Å². The normalized spacial score (nSPS) is 18.3. The summed E-state index contributed by atoms with van der Waals surface area (Å²) in [4.78, 5) is 9.11. The molecule has 6 nitrogen and oxygen atoms in total. The van der Waals surface area contributed by atoms with Crippen molar-refractivity contribution in [2.75, 3.05) is 0 Å². The van der Waals surface area contributed by atoms with E-state index in [1.165, 1.54) is 0 Å². The van der Waals surface area contributed by atoms with Gasteiger partial charge in [-0.25, -0.2) is 4.52 Å². The molecule has 8 heteroatoms. The lowest BCUT2D eigenvalue weighted by atomic mass is 9.79. The molecular formula is C19H23BO6P+. The third-order valence-electron chi connectivity index (χ3n) is 4.86. The zero-order chi connectivity index (χ0) is 19.7. The van der Waals surface area contributed by atoms with Gasteiger partial charge in [-0.3, -0.25) is 0 Å². The standard InChI is InChI=1S/C19H22BO6P/c1-18(2)19(3,4)26-20(25-18)15-10-16(12-17(11-15)24-27(21)22)23-13-14-8-6-5-7-9-14/h5-12H,13H2,1-4H3/p+1. The molecule has 1 aliphatic rings. The highest BCUT2D eigenvalue weighted by atomic mass is 31.1. The van der Waals surface area contributed by atoms with Crippen molar-refractivity contribution in [2.45, 2.75) is 45.5 Å². The summed E-state index contributed by atoms with van der Waals surface area (Å²) in [7, 11) is -3.42. The highest BCUT2D eigenvalue weighted by Crippen LogP contribution is 2.37. The summed E-state index contributed by atoms with van der Waals surface area (Å²) >= 11 is 0. The maximum atomic E-state index is 11.1. The van der Waals surface area contributed by atoms with Gasteiger partial charge in [-0.2, -0.15) is 0 Å². The highest BCUT2D eigenvalue weighted by Gasteiger charge is 2.52. The van der Waals surface area contributed by atoms with Gasteiger partial charge in [0.25, 0.3) is 0 Å². The van der Waals surface area contributed by atoms with Crippen molar-refractivity contribution in [2.24, 2.45) is 0 Å². The van der Waals surface area contributed by atoms with E-state index < -0.39 is 26.6 Å². The van der Waals surface area contributed by atoms with Crippen LogP contribution in [0.5, 0.6) is 11.5 Å². The Hall–Kier alpha value is -1.92. The molecule has 1 aliphatic heterocycles. The summed E-state index contributed by atoms with van der Waals surface area (Å²) in [6.07, 6.45) is 0. The third kappa shape index (κ3) is 4.68. The van der Waals surface area contributed by atoms with Crippen molar-refractivity contribution >= 4 is 20.8 Å². The highest BCUT2D eigenvalue weighted by molar-refractivity contribution is 7.32. The molecule has 2 aromatic carbocycles. The summed E-state index contributed by atoms with van der Waals surface area (Å²) in [6, 6.07) is 14.7. The third-order valence-corrected chi connectivity index (χ3v) is 5.23. The van der Waals surface area contributed by atoms with Crippen LogP contribution in [0.3, 0.4) is 0 Å². The van der Waals surface area contributed by atoms with E-state index in [1.807, 2.05) is 58.0 Å². The summed E-state index contributed by atoms with van der Waals surface area (Å²) in [6.45, 7) is 8.21. The first-order chi connectivity index (χ1) is 12.7. The van der Waals surface area contributed by atoms with Crippen LogP contribution in [0.2, 0.25) is 0 Å². The van der Waals surface area contributed by atoms with Gasteiger partial charge in [0.15, 0.2) is 5.75 Å². The molecule has 1 atom stereocenters. The van der Waals surface area contributed by atoms with Crippen LogP contribution in [-0.4, -0.2) is 23.2 Å². The smallest absolute Gasteiger partial charge is 0.489 e. The number of hydrogen-bond donors (Lipinski definition) is 1. The zero-order valence-electron chi connectivity index (χ0n) is 15.8. The average Bonchev–Trinajstić information content (AvgIpc) is 2.81. The molecule has 0 aromatic heterocycles. The lowest BCUT2D eigenvalue weighted by Gasteiger charge is -2.32. The molecule has 1 heterocycles. The largest absolute Gasteiger partial charge is 0.747 e. The van der Waals surface area contributed by atoms with Crippen LogP contribution in [0.15, 0.2) is 48.5 Å². The fraction of sp³-hybridized carbons (Fsp3) is 0.368. The van der Waals surface area contributed by atoms with Crippen molar-refractivity contribution in [3.63, 3.8) is 0 Å². The van der Waals surface area contributed by atoms with E-state index in [4.69, 9.17) is 23.5 Å². The van der Waals surface area contributed by atoms with Gasteiger partial charge in [-0.1, -0.05) is 30.3 Å². The second-order valence-electron chi connectivity index (χ2n) is 7.43. The molecule has 1 saturated heterocycles. The lowest BCUT2D eigenvalue weighted by molar-refractivity contribution is 0.00578. The fourth-order valence-corrected chi connectivity index (χ4v) is 2.96. The first-order valence-electron chi connectivity index (χ1n) is 8.68. The van der Waals surface area contributed by atoms with Crippen molar-refractivity contribution < 1.29 is 28.0 Å². The van der Waals surface area contributed by atoms with Crippen molar-refractivity contribution in [1.29, 1.82) is 0 Å². The number of rotatable bonds is 6.